The van der Waals surface area contributed by atoms with E-state index in [2.05, 4.69) is 0 Å². The lowest BCUT2D eigenvalue weighted by molar-refractivity contribution is 0.166. The van der Waals surface area contributed by atoms with Crippen LogP contribution in [0.3, 0.4) is 0 Å². The number of hydrogen-bond donors (Lipinski definition) is 1. The zero-order chi connectivity index (χ0) is 11.5. The molecule has 1 aliphatic rings. The van der Waals surface area contributed by atoms with Crippen LogP contribution in [0.1, 0.15) is 36.5 Å². The minimum absolute atomic E-state index is 0.364. The van der Waals surface area contributed by atoms with Crippen molar-refractivity contribution in [1.29, 1.82) is 0 Å². The third kappa shape index (κ3) is 2.00. The van der Waals surface area contributed by atoms with Crippen molar-refractivity contribution in [2.75, 3.05) is 14.2 Å². The second kappa shape index (κ2) is 4.74. The van der Waals surface area contributed by atoms with Gasteiger partial charge in [0.1, 0.15) is 0 Å². The summed E-state index contributed by atoms with van der Waals surface area (Å²) in [6, 6.07) is 3.90. The highest BCUT2D eigenvalue weighted by Gasteiger charge is 2.19. The van der Waals surface area contributed by atoms with Crippen LogP contribution in [-0.4, -0.2) is 19.3 Å². The van der Waals surface area contributed by atoms with Gasteiger partial charge < -0.3 is 14.6 Å². The van der Waals surface area contributed by atoms with Crippen molar-refractivity contribution in [3.8, 4) is 11.5 Å². The molecule has 1 atom stereocenters. The van der Waals surface area contributed by atoms with Gasteiger partial charge in [-0.2, -0.15) is 0 Å². The van der Waals surface area contributed by atoms with E-state index in [0.29, 0.717) is 5.75 Å². The molecule has 1 aromatic carbocycles. The number of aliphatic hydroxyl groups is 1. The SMILES string of the molecule is COc1cc2c(cc1OC)[C@H](O)CCCC2. The highest BCUT2D eigenvalue weighted by atomic mass is 16.5. The van der Waals surface area contributed by atoms with Gasteiger partial charge in [0.25, 0.3) is 0 Å². The molecule has 2 rings (SSSR count). The summed E-state index contributed by atoms with van der Waals surface area (Å²) in [7, 11) is 3.25. The Morgan fingerprint density at radius 1 is 1.12 bits per heavy atom. The van der Waals surface area contributed by atoms with Gasteiger partial charge in [0.05, 0.1) is 20.3 Å². The summed E-state index contributed by atoms with van der Waals surface area (Å²) in [6.45, 7) is 0. The fraction of sp³-hybridized carbons (Fsp3) is 0.538. The average Bonchev–Trinajstić information content (AvgIpc) is 2.49. The van der Waals surface area contributed by atoms with Crippen molar-refractivity contribution in [1.82, 2.24) is 0 Å². The summed E-state index contributed by atoms with van der Waals surface area (Å²) in [5.41, 5.74) is 2.18. The summed E-state index contributed by atoms with van der Waals surface area (Å²) in [6.07, 6.45) is 3.67. The first-order chi connectivity index (χ1) is 7.76. The van der Waals surface area contributed by atoms with Gasteiger partial charge in [-0.15, -0.1) is 0 Å². The molecule has 0 saturated carbocycles. The van der Waals surface area contributed by atoms with Gasteiger partial charge in [-0.25, -0.2) is 0 Å². The molecule has 0 aromatic heterocycles. The van der Waals surface area contributed by atoms with Crippen molar-refractivity contribution in [3.63, 3.8) is 0 Å². The Balaban J connectivity index is 2.47. The fourth-order valence-electron chi connectivity index (χ4n) is 2.27. The average molecular weight is 222 g/mol. The van der Waals surface area contributed by atoms with Crippen LogP contribution in [0, 0.1) is 0 Å². The van der Waals surface area contributed by atoms with Gasteiger partial charge in [0.15, 0.2) is 11.5 Å². The van der Waals surface area contributed by atoms with Crippen LogP contribution < -0.4 is 9.47 Å². The van der Waals surface area contributed by atoms with Crippen LogP contribution in [0.25, 0.3) is 0 Å². The van der Waals surface area contributed by atoms with Crippen LogP contribution in [0.5, 0.6) is 11.5 Å². The number of rotatable bonds is 2. The van der Waals surface area contributed by atoms with E-state index in [1.165, 1.54) is 5.56 Å². The molecule has 0 unspecified atom stereocenters. The molecule has 88 valence electrons. The van der Waals surface area contributed by atoms with Crippen molar-refractivity contribution >= 4 is 0 Å². The lowest BCUT2D eigenvalue weighted by Crippen LogP contribution is -2.01. The van der Waals surface area contributed by atoms with Crippen molar-refractivity contribution in [3.05, 3.63) is 23.3 Å². The zero-order valence-electron chi connectivity index (χ0n) is 9.82. The van der Waals surface area contributed by atoms with Crippen LogP contribution in [0.4, 0.5) is 0 Å². The van der Waals surface area contributed by atoms with Crippen molar-refractivity contribution in [2.24, 2.45) is 0 Å². The zero-order valence-corrected chi connectivity index (χ0v) is 9.82. The summed E-state index contributed by atoms with van der Waals surface area (Å²) in [5.74, 6) is 1.44. The molecule has 0 spiro atoms. The van der Waals surface area contributed by atoms with E-state index < -0.39 is 0 Å². The van der Waals surface area contributed by atoms with E-state index in [1.807, 2.05) is 12.1 Å². The first-order valence-electron chi connectivity index (χ1n) is 5.69. The van der Waals surface area contributed by atoms with Gasteiger partial charge >= 0.3 is 0 Å². The molecule has 1 N–H and O–H groups in total. The predicted octanol–water partition coefficient (Wildman–Crippen LogP) is 2.46. The number of hydrogen-bond acceptors (Lipinski definition) is 3. The molecule has 3 heteroatoms. The van der Waals surface area contributed by atoms with Gasteiger partial charge in [-0.05, 0) is 42.5 Å². The maximum absolute atomic E-state index is 10.0. The molecule has 0 fully saturated rings. The van der Waals surface area contributed by atoms with E-state index in [9.17, 15) is 5.11 Å². The largest absolute Gasteiger partial charge is 0.493 e. The minimum atomic E-state index is -0.364. The second-order valence-corrected chi connectivity index (χ2v) is 4.17. The molecule has 3 nitrogen and oxygen atoms in total. The van der Waals surface area contributed by atoms with Crippen molar-refractivity contribution < 1.29 is 14.6 Å². The molecule has 0 aliphatic heterocycles. The van der Waals surface area contributed by atoms with E-state index in [4.69, 9.17) is 9.47 Å². The monoisotopic (exact) mass is 222 g/mol. The number of aliphatic hydroxyl groups excluding tert-OH is 1. The molecule has 1 aliphatic carbocycles. The third-order valence-corrected chi connectivity index (χ3v) is 3.18. The lowest BCUT2D eigenvalue weighted by Gasteiger charge is -2.15. The normalized spacial score (nSPS) is 19.8. The molecule has 0 radical (unpaired) electrons. The van der Waals surface area contributed by atoms with Crippen LogP contribution in [0.2, 0.25) is 0 Å². The van der Waals surface area contributed by atoms with E-state index >= 15 is 0 Å². The maximum Gasteiger partial charge on any atom is 0.161 e. The highest BCUT2D eigenvalue weighted by Crippen LogP contribution is 2.37. The summed E-state index contributed by atoms with van der Waals surface area (Å²) >= 11 is 0. The minimum Gasteiger partial charge on any atom is -0.493 e. The quantitative estimate of drug-likeness (QED) is 0.781. The maximum atomic E-state index is 10.0. The Bertz CT molecular complexity index is 374. The van der Waals surface area contributed by atoms with Crippen LogP contribution in [0.15, 0.2) is 12.1 Å². The molecular weight excluding hydrogens is 204 g/mol. The molecule has 0 heterocycles. The summed E-state index contributed by atoms with van der Waals surface area (Å²) < 4.78 is 10.5. The second-order valence-electron chi connectivity index (χ2n) is 4.17. The van der Waals surface area contributed by atoms with Crippen LogP contribution >= 0.6 is 0 Å². The standard InChI is InChI=1S/C13H18O3/c1-15-12-7-9-5-3-4-6-11(14)10(9)8-13(12)16-2/h7-8,11,14H,3-6H2,1-2H3/t11-/m1/s1. The van der Waals surface area contributed by atoms with Gasteiger partial charge in [-0.3, -0.25) is 0 Å². The Kier molecular flexibility index (Phi) is 3.34. The molecule has 0 saturated heterocycles. The Labute approximate surface area is 96.0 Å². The number of benzene rings is 1. The van der Waals surface area contributed by atoms with Gasteiger partial charge in [0, 0.05) is 0 Å². The third-order valence-electron chi connectivity index (χ3n) is 3.18. The number of fused-ring (bicyclic) bond motifs is 1. The van der Waals surface area contributed by atoms with Gasteiger partial charge in [0.2, 0.25) is 0 Å². The molecular formula is C13H18O3. The smallest absolute Gasteiger partial charge is 0.161 e. The Morgan fingerprint density at radius 3 is 2.50 bits per heavy atom. The molecule has 1 aromatic rings. The molecule has 0 amide bonds. The summed E-state index contributed by atoms with van der Waals surface area (Å²) in [4.78, 5) is 0. The first kappa shape index (κ1) is 11.3. The number of methoxy groups -OCH3 is 2. The Hall–Kier alpha value is -1.22. The predicted molar refractivity (Wildman–Crippen MR) is 62.1 cm³/mol. The number of aryl methyl sites for hydroxylation is 1. The van der Waals surface area contributed by atoms with E-state index in [0.717, 1.165) is 37.0 Å². The topological polar surface area (TPSA) is 38.7 Å². The summed E-state index contributed by atoms with van der Waals surface area (Å²) in [5, 5.41) is 10.0. The molecule has 16 heavy (non-hydrogen) atoms. The Morgan fingerprint density at radius 2 is 1.81 bits per heavy atom. The number of ether oxygens (including phenoxy) is 2. The van der Waals surface area contributed by atoms with E-state index in [-0.39, 0.29) is 6.10 Å². The van der Waals surface area contributed by atoms with Gasteiger partial charge in [-0.1, -0.05) is 6.42 Å². The van der Waals surface area contributed by atoms with Crippen LogP contribution in [-0.2, 0) is 6.42 Å². The fourth-order valence-corrected chi connectivity index (χ4v) is 2.27. The molecule has 0 bridgehead atoms. The van der Waals surface area contributed by atoms with Crippen molar-refractivity contribution in [2.45, 2.75) is 31.8 Å². The van der Waals surface area contributed by atoms with E-state index in [1.54, 1.807) is 14.2 Å². The lowest BCUT2D eigenvalue weighted by atomic mass is 10.00. The first-order valence-corrected chi connectivity index (χ1v) is 5.69. The highest BCUT2D eigenvalue weighted by molar-refractivity contribution is 5.48.